The van der Waals surface area contributed by atoms with E-state index in [1.807, 2.05) is 0 Å². The van der Waals surface area contributed by atoms with E-state index in [4.69, 9.17) is 4.74 Å². The number of hydrogen-bond acceptors (Lipinski definition) is 5. The van der Waals surface area contributed by atoms with Crippen molar-refractivity contribution < 1.29 is 26.3 Å². The Morgan fingerprint density at radius 3 is 2.25 bits per heavy atom. The van der Waals surface area contributed by atoms with Crippen molar-refractivity contribution in [3.8, 4) is 17.1 Å². The fraction of sp³-hybridized carbons (Fsp3) is 0.111. The number of rotatable bonds is 5. The molecule has 1 N–H and O–H groups in total. The fourth-order valence-electron chi connectivity index (χ4n) is 2.35. The summed E-state index contributed by atoms with van der Waals surface area (Å²) in [6.45, 7) is 0. The lowest BCUT2D eigenvalue weighted by atomic mass is 10.1. The van der Waals surface area contributed by atoms with E-state index in [0.717, 1.165) is 18.2 Å². The number of hydrogen-bond donors (Lipinski definition) is 1. The highest BCUT2D eigenvalue weighted by molar-refractivity contribution is 7.92. The number of benzene rings is 2. The van der Waals surface area contributed by atoms with Gasteiger partial charge in [-0.25, -0.2) is 8.42 Å². The van der Waals surface area contributed by atoms with Crippen molar-refractivity contribution in [3.63, 3.8) is 0 Å². The number of alkyl halides is 3. The van der Waals surface area contributed by atoms with Crippen molar-refractivity contribution in [2.24, 2.45) is 0 Å². The van der Waals surface area contributed by atoms with Crippen LogP contribution < -0.4 is 9.46 Å². The van der Waals surface area contributed by atoms with Gasteiger partial charge in [0.1, 0.15) is 0 Å². The number of halogens is 3. The van der Waals surface area contributed by atoms with Gasteiger partial charge in [-0.05, 0) is 36.4 Å². The molecule has 3 aromatic rings. The lowest BCUT2D eigenvalue weighted by Crippen LogP contribution is -2.14. The quantitative estimate of drug-likeness (QED) is 0.690. The van der Waals surface area contributed by atoms with Crippen molar-refractivity contribution in [2.75, 3.05) is 11.8 Å². The fourth-order valence-corrected chi connectivity index (χ4v) is 3.45. The highest BCUT2D eigenvalue weighted by atomic mass is 32.2. The van der Waals surface area contributed by atoms with Gasteiger partial charge in [0.2, 0.25) is 5.88 Å². The van der Waals surface area contributed by atoms with Crippen LogP contribution in [0.3, 0.4) is 0 Å². The van der Waals surface area contributed by atoms with Gasteiger partial charge >= 0.3 is 6.18 Å². The van der Waals surface area contributed by atoms with Gasteiger partial charge in [0.25, 0.3) is 10.0 Å². The van der Waals surface area contributed by atoms with Crippen LogP contribution in [0.1, 0.15) is 5.56 Å². The van der Waals surface area contributed by atoms with Crippen LogP contribution >= 0.6 is 0 Å². The van der Waals surface area contributed by atoms with E-state index in [1.54, 1.807) is 24.3 Å². The van der Waals surface area contributed by atoms with Gasteiger partial charge in [-0.15, -0.1) is 10.2 Å². The summed E-state index contributed by atoms with van der Waals surface area (Å²) in [5, 5.41) is 7.83. The maximum Gasteiger partial charge on any atom is 0.416 e. The van der Waals surface area contributed by atoms with E-state index < -0.39 is 26.7 Å². The first kappa shape index (κ1) is 19.6. The Balaban J connectivity index is 1.81. The van der Waals surface area contributed by atoms with E-state index in [0.29, 0.717) is 23.2 Å². The number of nitrogens with one attached hydrogen (secondary N) is 1. The molecule has 0 amide bonds. The average molecular weight is 409 g/mol. The van der Waals surface area contributed by atoms with Crippen LogP contribution in [0.15, 0.2) is 65.6 Å². The van der Waals surface area contributed by atoms with Gasteiger partial charge in [0.05, 0.1) is 23.3 Å². The molecule has 10 heteroatoms. The Kier molecular flexibility index (Phi) is 5.23. The third kappa shape index (κ3) is 4.39. The largest absolute Gasteiger partial charge is 0.480 e. The summed E-state index contributed by atoms with van der Waals surface area (Å²) in [7, 11) is -2.71. The van der Waals surface area contributed by atoms with Crippen LogP contribution in [-0.2, 0) is 16.2 Å². The monoisotopic (exact) mass is 409 g/mol. The van der Waals surface area contributed by atoms with Crippen molar-refractivity contribution >= 4 is 15.7 Å². The van der Waals surface area contributed by atoms with Crippen LogP contribution in [0, 0.1) is 0 Å². The molecule has 1 aromatic heterocycles. The third-order valence-electron chi connectivity index (χ3n) is 3.75. The van der Waals surface area contributed by atoms with Gasteiger partial charge < -0.3 is 4.74 Å². The van der Waals surface area contributed by atoms with Gasteiger partial charge in [0, 0.05) is 17.3 Å². The molecule has 0 saturated carbocycles. The first-order chi connectivity index (χ1) is 13.2. The lowest BCUT2D eigenvalue weighted by molar-refractivity contribution is -0.137. The summed E-state index contributed by atoms with van der Waals surface area (Å²) in [4.78, 5) is -0.479. The number of sulfonamides is 1. The topological polar surface area (TPSA) is 81.2 Å². The predicted molar refractivity (Wildman–Crippen MR) is 96.3 cm³/mol. The van der Waals surface area contributed by atoms with Crippen LogP contribution in [0.2, 0.25) is 0 Å². The molecule has 0 spiro atoms. The van der Waals surface area contributed by atoms with Gasteiger partial charge in [-0.1, -0.05) is 18.2 Å². The van der Waals surface area contributed by atoms with Crippen LogP contribution in [0.5, 0.6) is 5.88 Å². The van der Waals surface area contributed by atoms with Crippen molar-refractivity contribution in [3.05, 3.63) is 66.2 Å². The van der Waals surface area contributed by atoms with E-state index >= 15 is 0 Å². The molecular weight excluding hydrogens is 395 g/mol. The molecule has 3 rings (SSSR count). The first-order valence-corrected chi connectivity index (χ1v) is 9.35. The van der Waals surface area contributed by atoms with Gasteiger partial charge in [-0.2, -0.15) is 13.2 Å². The minimum absolute atomic E-state index is 0.197. The van der Waals surface area contributed by atoms with Crippen molar-refractivity contribution in [2.45, 2.75) is 11.1 Å². The smallest absolute Gasteiger partial charge is 0.416 e. The molecule has 0 atom stereocenters. The lowest BCUT2D eigenvalue weighted by Gasteiger charge is -2.11. The molecule has 0 bridgehead atoms. The summed E-state index contributed by atoms with van der Waals surface area (Å²) in [6.07, 6.45) is -4.63. The highest BCUT2D eigenvalue weighted by Crippen LogP contribution is 2.31. The highest BCUT2D eigenvalue weighted by Gasteiger charge is 2.31. The summed E-state index contributed by atoms with van der Waals surface area (Å²) in [6, 6.07) is 13.0. The van der Waals surface area contributed by atoms with Crippen LogP contribution in [0.25, 0.3) is 11.3 Å². The Labute approximate surface area is 159 Å². The Hall–Kier alpha value is -3.14. The maximum atomic E-state index is 12.8. The summed E-state index contributed by atoms with van der Waals surface area (Å²) >= 11 is 0. The van der Waals surface area contributed by atoms with E-state index in [2.05, 4.69) is 14.9 Å². The number of methoxy groups -OCH3 is 1. The second kappa shape index (κ2) is 7.47. The second-order valence-electron chi connectivity index (χ2n) is 5.67. The van der Waals surface area contributed by atoms with E-state index in [1.165, 1.54) is 19.2 Å². The Morgan fingerprint density at radius 1 is 0.964 bits per heavy atom. The molecule has 0 fully saturated rings. The van der Waals surface area contributed by atoms with Crippen LogP contribution in [0.4, 0.5) is 18.9 Å². The minimum atomic E-state index is -4.63. The molecule has 0 radical (unpaired) electrons. The standard InChI is InChI=1S/C18H14F3N3O3S/c1-27-17-10-9-16(22-23-17)12-5-7-14(8-6-12)24-28(25,26)15-4-2-3-13(11-15)18(19,20)21/h2-11,24H,1H3. The molecule has 0 unspecified atom stereocenters. The molecule has 6 nitrogen and oxygen atoms in total. The average Bonchev–Trinajstić information content (AvgIpc) is 2.68. The third-order valence-corrected chi connectivity index (χ3v) is 5.13. The van der Waals surface area contributed by atoms with E-state index in [-0.39, 0.29) is 5.69 Å². The molecular formula is C18H14F3N3O3S. The van der Waals surface area contributed by atoms with E-state index in [9.17, 15) is 21.6 Å². The Morgan fingerprint density at radius 2 is 1.68 bits per heavy atom. The first-order valence-electron chi connectivity index (χ1n) is 7.87. The molecule has 0 aliphatic carbocycles. The predicted octanol–water partition coefficient (Wildman–Crippen LogP) is 3.97. The number of aromatic nitrogens is 2. The molecule has 0 saturated heterocycles. The normalized spacial score (nSPS) is 11.9. The number of anilines is 1. The minimum Gasteiger partial charge on any atom is -0.480 e. The molecule has 0 aliphatic heterocycles. The number of ether oxygens (including phenoxy) is 1. The summed E-state index contributed by atoms with van der Waals surface area (Å²) in [5.41, 5.74) is 0.386. The SMILES string of the molecule is COc1ccc(-c2ccc(NS(=O)(=O)c3cccc(C(F)(F)F)c3)cc2)nn1. The maximum absolute atomic E-state index is 12.8. The zero-order chi connectivity index (χ0) is 20.4. The molecule has 146 valence electrons. The van der Waals surface area contributed by atoms with Crippen molar-refractivity contribution in [1.29, 1.82) is 0 Å². The summed E-state index contributed by atoms with van der Waals surface area (Å²) in [5.74, 6) is 0.356. The summed E-state index contributed by atoms with van der Waals surface area (Å²) < 4.78 is 70.4. The molecule has 28 heavy (non-hydrogen) atoms. The zero-order valence-electron chi connectivity index (χ0n) is 14.4. The van der Waals surface area contributed by atoms with Gasteiger partial charge in [0.15, 0.2) is 0 Å². The molecule has 1 heterocycles. The number of nitrogens with zero attached hydrogens (tertiary/aromatic N) is 2. The van der Waals surface area contributed by atoms with Crippen molar-refractivity contribution in [1.82, 2.24) is 10.2 Å². The Bertz CT molecular complexity index is 1070. The molecule has 2 aromatic carbocycles. The van der Waals surface area contributed by atoms with Crippen LogP contribution in [-0.4, -0.2) is 25.7 Å². The molecule has 0 aliphatic rings. The second-order valence-corrected chi connectivity index (χ2v) is 7.35. The van der Waals surface area contributed by atoms with Gasteiger partial charge in [-0.3, -0.25) is 4.72 Å². The zero-order valence-corrected chi connectivity index (χ0v) is 15.3.